The van der Waals surface area contributed by atoms with Gasteiger partial charge in [-0.1, -0.05) is 12.1 Å². The lowest BCUT2D eigenvalue weighted by Crippen LogP contribution is -2.34. The molecule has 0 aliphatic rings. The molecule has 0 atom stereocenters. The van der Waals surface area contributed by atoms with Crippen molar-refractivity contribution in [3.63, 3.8) is 0 Å². The molecule has 0 radical (unpaired) electrons. The first kappa shape index (κ1) is 20.7. The highest BCUT2D eigenvalue weighted by molar-refractivity contribution is 6.03. The summed E-state index contributed by atoms with van der Waals surface area (Å²) in [6.07, 6.45) is 1.52. The summed E-state index contributed by atoms with van der Waals surface area (Å²) in [6.45, 7) is -0.201. The van der Waals surface area contributed by atoms with Crippen LogP contribution in [0.25, 0.3) is 0 Å². The Balaban J connectivity index is 1.56. The normalized spacial score (nSPS) is 10.2. The molecule has 152 valence electrons. The van der Waals surface area contributed by atoms with Gasteiger partial charge in [-0.15, -0.1) is 0 Å². The van der Waals surface area contributed by atoms with Crippen LogP contribution in [-0.2, 0) is 4.79 Å². The van der Waals surface area contributed by atoms with Crippen LogP contribution in [-0.4, -0.2) is 41.2 Å². The number of carbonyl (C=O) groups excluding carboxylic acids is 3. The van der Waals surface area contributed by atoms with Crippen molar-refractivity contribution < 1.29 is 18.8 Å². The van der Waals surface area contributed by atoms with E-state index in [1.165, 1.54) is 36.3 Å². The number of hydrogen-bond acceptors (Lipinski definition) is 4. The highest BCUT2D eigenvalue weighted by Crippen LogP contribution is 2.13. The van der Waals surface area contributed by atoms with E-state index in [4.69, 9.17) is 0 Å². The van der Waals surface area contributed by atoms with Gasteiger partial charge >= 0.3 is 0 Å². The van der Waals surface area contributed by atoms with E-state index in [2.05, 4.69) is 15.6 Å². The van der Waals surface area contributed by atoms with Crippen LogP contribution in [0, 0.1) is 5.82 Å². The molecule has 0 spiro atoms. The molecule has 7 nitrogen and oxygen atoms in total. The number of likely N-dealkylation sites (N-methyl/N-ethyl adjacent to an activating group) is 1. The number of hydrogen-bond donors (Lipinski definition) is 2. The van der Waals surface area contributed by atoms with Gasteiger partial charge in [0.05, 0.1) is 6.54 Å². The fourth-order valence-corrected chi connectivity index (χ4v) is 2.66. The maximum Gasteiger partial charge on any atom is 0.274 e. The van der Waals surface area contributed by atoms with Gasteiger partial charge in [-0.25, -0.2) is 4.39 Å². The Morgan fingerprint density at radius 2 is 1.70 bits per heavy atom. The molecule has 0 aliphatic carbocycles. The second-order valence-corrected chi connectivity index (χ2v) is 6.47. The van der Waals surface area contributed by atoms with Gasteiger partial charge in [-0.3, -0.25) is 19.4 Å². The monoisotopic (exact) mass is 406 g/mol. The Morgan fingerprint density at radius 1 is 0.933 bits per heavy atom. The first-order chi connectivity index (χ1) is 14.4. The molecule has 3 amide bonds. The number of pyridine rings is 1. The molecular weight excluding hydrogens is 387 g/mol. The SMILES string of the molecule is CN(CC(=O)Nc1cccc(F)c1)C(=O)c1ccc(NC(=O)c2ccccn2)cc1. The van der Waals surface area contributed by atoms with E-state index in [0.717, 1.165) is 0 Å². The van der Waals surface area contributed by atoms with Crippen molar-refractivity contribution in [3.05, 3.63) is 90.0 Å². The molecule has 0 unspecified atom stereocenters. The summed E-state index contributed by atoms with van der Waals surface area (Å²) in [4.78, 5) is 42.0. The maximum absolute atomic E-state index is 13.2. The lowest BCUT2D eigenvalue weighted by Gasteiger charge is -2.17. The third kappa shape index (κ3) is 5.48. The van der Waals surface area contributed by atoms with Gasteiger partial charge in [0.25, 0.3) is 11.8 Å². The number of nitrogens with one attached hydrogen (secondary N) is 2. The number of halogens is 1. The van der Waals surface area contributed by atoms with Crippen LogP contribution in [0.2, 0.25) is 0 Å². The molecule has 3 rings (SSSR count). The fourth-order valence-electron chi connectivity index (χ4n) is 2.66. The quantitative estimate of drug-likeness (QED) is 0.658. The predicted octanol–water partition coefficient (Wildman–Crippen LogP) is 3.18. The topological polar surface area (TPSA) is 91.4 Å². The maximum atomic E-state index is 13.2. The molecule has 2 N–H and O–H groups in total. The molecule has 0 saturated carbocycles. The standard InChI is InChI=1S/C22H19FN4O3/c1-27(14-20(28)25-18-6-4-5-16(23)13-18)22(30)15-8-10-17(11-9-15)26-21(29)19-7-2-3-12-24-19/h2-13H,14H2,1H3,(H,25,28)(H,26,29). The van der Waals surface area contributed by atoms with Crippen molar-refractivity contribution in [1.29, 1.82) is 0 Å². The van der Waals surface area contributed by atoms with Crippen LogP contribution < -0.4 is 10.6 Å². The molecule has 1 heterocycles. The minimum absolute atomic E-state index is 0.201. The molecule has 0 fully saturated rings. The van der Waals surface area contributed by atoms with Crippen LogP contribution >= 0.6 is 0 Å². The Hall–Kier alpha value is -4.07. The van der Waals surface area contributed by atoms with Crippen LogP contribution in [0.1, 0.15) is 20.8 Å². The number of nitrogens with zero attached hydrogens (tertiary/aromatic N) is 2. The van der Waals surface area contributed by atoms with Crippen LogP contribution in [0.3, 0.4) is 0 Å². The van der Waals surface area contributed by atoms with Crippen molar-refractivity contribution in [3.8, 4) is 0 Å². The summed E-state index contributed by atoms with van der Waals surface area (Å²) < 4.78 is 13.2. The molecule has 0 aliphatic heterocycles. The average Bonchev–Trinajstić information content (AvgIpc) is 2.74. The lowest BCUT2D eigenvalue weighted by atomic mass is 10.1. The van der Waals surface area contributed by atoms with E-state index in [9.17, 15) is 18.8 Å². The highest BCUT2D eigenvalue weighted by atomic mass is 19.1. The third-order valence-corrected chi connectivity index (χ3v) is 4.12. The van der Waals surface area contributed by atoms with Crippen molar-refractivity contribution >= 4 is 29.1 Å². The zero-order chi connectivity index (χ0) is 21.5. The molecule has 0 bridgehead atoms. The van der Waals surface area contributed by atoms with Crippen molar-refractivity contribution in [2.24, 2.45) is 0 Å². The van der Waals surface area contributed by atoms with Crippen LogP contribution in [0.4, 0.5) is 15.8 Å². The van der Waals surface area contributed by atoms with Gasteiger partial charge in [0.1, 0.15) is 11.5 Å². The van der Waals surface area contributed by atoms with E-state index in [-0.39, 0.29) is 24.1 Å². The minimum atomic E-state index is -0.465. The zero-order valence-corrected chi connectivity index (χ0v) is 16.1. The molecule has 3 aromatic rings. The van der Waals surface area contributed by atoms with Gasteiger partial charge in [0, 0.05) is 30.2 Å². The largest absolute Gasteiger partial charge is 0.332 e. The predicted molar refractivity (Wildman–Crippen MR) is 111 cm³/mol. The summed E-state index contributed by atoms with van der Waals surface area (Å²) in [7, 11) is 1.49. The Bertz CT molecular complexity index is 1060. The summed E-state index contributed by atoms with van der Waals surface area (Å²) >= 11 is 0. The number of rotatable bonds is 6. The van der Waals surface area contributed by atoms with Crippen molar-refractivity contribution in [1.82, 2.24) is 9.88 Å². The Morgan fingerprint density at radius 3 is 2.37 bits per heavy atom. The van der Waals surface area contributed by atoms with Crippen molar-refractivity contribution in [2.45, 2.75) is 0 Å². The van der Waals surface area contributed by atoms with Gasteiger partial charge in [0.2, 0.25) is 5.91 Å². The van der Waals surface area contributed by atoms with Crippen LogP contribution in [0.15, 0.2) is 72.9 Å². The summed E-state index contributed by atoms with van der Waals surface area (Å²) in [5.41, 5.74) is 1.45. The Kier molecular flexibility index (Phi) is 6.49. The molecule has 1 aromatic heterocycles. The summed E-state index contributed by atoms with van der Waals surface area (Å²) in [5.74, 6) is -1.64. The number of amides is 3. The van der Waals surface area contributed by atoms with Crippen LogP contribution in [0.5, 0.6) is 0 Å². The van der Waals surface area contributed by atoms with Crippen molar-refractivity contribution in [2.75, 3.05) is 24.2 Å². The summed E-state index contributed by atoms with van der Waals surface area (Å²) in [5, 5.41) is 5.24. The summed E-state index contributed by atoms with van der Waals surface area (Å²) in [6, 6.07) is 16.8. The van der Waals surface area contributed by atoms with E-state index >= 15 is 0 Å². The third-order valence-electron chi connectivity index (χ3n) is 4.12. The first-order valence-corrected chi connectivity index (χ1v) is 9.06. The molecule has 0 saturated heterocycles. The first-order valence-electron chi connectivity index (χ1n) is 9.06. The van der Waals surface area contributed by atoms with Gasteiger partial charge in [0.15, 0.2) is 0 Å². The average molecular weight is 406 g/mol. The van der Waals surface area contributed by atoms with E-state index in [1.54, 1.807) is 48.5 Å². The number of aromatic nitrogens is 1. The smallest absolute Gasteiger partial charge is 0.274 e. The molecule has 2 aromatic carbocycles. The van der Waals surface area contributed by atoms with Gasteiger partial charge < -0.3 is 15.5 Å². The van der Waals surface area contributed by atoms with Gasteiger partial charge in [-0.2, -0.15) is 0 Å². The van der Waals surface area contributed by atoms with E-state index in [0.29, 0.717) is 16.9 Å². The second-order valence-electron chi connectivity index (χ2n) is 6.47. The number of carbonyl (C=O) groups is 3. The second kappa shape index (κ2) is 9.42. The van der Waals surface area contributed by atoms with Gasteiger partial charge in [-0.05, 0) is 54.6 Å². The van der Waals surface area contributed by atoms with E-state index in [1.807, 2.05) is 0 Å². The molecule has 30 heavy (non-hydrogen) atoms. The lowest BCUT2D eigenvalue weighted by molar-refractivity contribution is -0.116. The minimum Gasteiger partial charge on any atom is -0.332 e. The zero-order valence-electron chi connectivity index (χ0n) is 16.1. The number of anilines is 2. The number of benzene rings is 2. The fraction of sp³-hybridized carbons (Fsp3) is 0.0909. The highest BCUT2D eigenvalue weighted by Gasteiger charge is 2.16. The molecule has 8 heteroatoms. The molecular formula is C22H19FN4O3. The van der Waals surface area contributed by atoms with E-state index < -0.39 is 11.7 Å². The Labute approximate surface area is 172 Å².